The van der Waals surface area contributed by atoms with E-state index in [0.717, 1.165) is 5.56 Å². The van der Waals surface area contributed by atoms with Gasteiger partial charge in [-0.2, -0.15) is 0 Å². The number of oxime groups is 1. The summed E-state index contributed by atoms with van der Waals surface area (Å²) < 4.78 is 0. The number of hydrogen-bond acceptors (Lipinski definition) is 3. The third kappa shape index (κ3) is 4.76. The molecule has 0 spiro atoms. The summed E-state index contributed by atoms with van der Waals surface area (Å²) in [4.78, 5) is 15.0. The summed E-state index contributed by atoms with van der Waals surface area (Å²) in [5.74, 6) is -0.414. The molecule has 0 atom stereocenters. The molecule has 78 valence electrons. The van der Waals surface area contributed by atoms with Crippen molar-refractivity contribution in [3.05, 3.63) is 42.0 Å². The first-order valence-corrected chi connectivity index (χ1v) is 4.64. The Morgan fingerprint density at radius 2 is 1.93 bits per heavy atom. The first-order chi connectivity index (χ1) is 7.18. The van der Waals surface area contributed by atoms with Crippen LogP contribution in [0.1, 0.15) is 19.4 Å². The molecule has 0 unspecified atom stereocenters. The Bertz CT molecular complexity index is 380. The van der Waals surface area contributed by atoms with Crippen LogP contribution in [-0.4, -0.2) is 11.7 Å². The van der Waals surface area contributed by atoms with Crippen LogP contribution >= 0.6 is 0 Å². The van der Waals surface area contributed by atoms with Gasteiger partial charge in [-0.25, -0.2) is 4.79 Å². The van der Waals surface area contributed by atoms with E-state index in [4.69, 9.17) is 0 Å². The van der Waals surface area contributed by atoms with E-state index in [1.807, 2.05) is 36.4 Å². The summed E-state index contributed by atoms with van der Waals surface area (Å²) in [6, 6.07) is 9.83. The third-order valence-corrected chi connectivity index (χ3v) is 1.63. The number of carbonyl (C=O) groups excluding carboxylic acids is 1. The predicted molar refractivity (Wildman–Crippen MR) is 60.4 cm³/mol. The average molecular weight is 203 g/mol. The monoisotopic (exact) mass is 203 g/mol. The van der Waals surface area contributed by atoms with E-state index in [2.05, 4.69) is 9.99 Å². The molecule has 0 N–H and O–H groups in total. The van der Waals surface area contributed by atoms with Crippen molar-refractivity contribution in [3.63, 3.8) is 0 Å². The second-order valence-electron chi connectivity index (χ2n) is 3.06. The molecular formula is C12H13NO2. The van der Waals surface area contributed by atoms with Crippen LogP contribution in [0.25, 0.3) is 6.08 Å². The van der Waals surface area contributed by atoms with Crippen molar-refractivity contribution in [2.45, 2.75) is 13.8 Å². The molecule has 0 saturated carbocycles. The third-order valence-electron chi connectivity index (χ3n) is 1.63. The average Bonchev–Trinajstić information content (AvgIpc) is 2.25. The highest BCUT2D eigenvalue weighted by molar-refractivity contribution is 5.96. The van der Waals surface area contributed by atoms with Crippen molar-refractivity contribution < 1.29 is 9.63 Å². The lowest BCUT2D eigenvalue weighted by Gasteiger charge is -1.93. The standard InChI is InChI=1S/C12H13NO2/c1-10(13-15-11(2)14)8-9-12-6-4-3-5-7-12/h3-9H,1-2H3/b9-8+,13-10-. The molecule has 0 heterocycles. The molecule has 0 fully saturated rings. The van der Waals surface area contributed by atoms with Gasteiger partial charge in [0, 0.05) is 6.92 Å². The molecule has 1 rings (SSSR count). The van der Waals surface area contributed by atoms with E-state index in [1.54, 1.807) is 13.0 Å². The zero-order valence-electron chi connectivity index (χ0n) is 8.81. The number of allylic oxidation sites excluding steroid dienone is 1. The van der Waals surface area contributed by atoms with Gasteiger partial charge < -0.3 is 4.84 Å². The smallest absolute Gasteiger partial charge is 0.318 e. The molecule has 15 heavy (non-hydrogen) atoms. The van der Waals surface area contributed by atoms with E-state index in [9.17, 15) is 4.79 Å². The van der Waals surface area contributed by atoms with E-state index < -0.39 is 5.97 Å². The lowest BCUT2D eigenvalue weighted by Crippen LogP contribution is -1.94. The van der Waals surface area contributed by atoms with Crippen LogP contribution in [-0.2, 0) is 9.63 Å². The summed E-state index contributed by atoms with van der Waals surface area (Å²) in [6.45, 7) is 3.08. The van der Waals surface area contributed by atoms with Gasteiger partial charge >= 0.3 is 5.97 Å². The van der Waals surface area contributed by atoms with E-state index in [-0.39, 0.29) is 0 Å². The van der Waals surface area contributed by atoms with E-state index in [0.29, 0.717) is 5.71 Å². The Hall–Kier alpha value is -1.90. The normalized spacial score (nSPS) is 11.7. The maximum atomic E-state index is 10.5. The fraction of sp³-hybridized carbons (Fsp3) is 0.167. The largest absolute Gasteiger partial charge is 0.331 e. The Morgan fingerprint density at radius 1 is 1.27 bits per heavy atom. The summed E-state index contributed by atoms with van der Waals surface area (Å²) in [6.07, 6.45) is 3.70. The summed E-state index contributed by atoms with van der Waals surface area (Å²) >= 11 is 0. The van der Waals surface area contributed by atoms with Crippen LogP contribution in [0, 0.1) is 0 Å². The topological polar surface area (TPSA) is 38.7 Å². The number of rotatable bonds is 3. The van der Waals surface area contributed by atoms with Crippen LogP contribution in [0.5, 0.6) is 0 Å². The Kier molecular flexibility index (Phi) is 4.29. The quantitative estimate of drug-likeness (QED) is 0.430. The lowest BCUT2D eigenvalue weighted by molar-refractivity contribution is -0.140. The van der Waals surface area contributed by atoms with Gasteiger partial charge in [-0.1, -0.05) is 41.6 Å². The number of nitrogens with zero attached hydrogens (tertiary/aromatic N) is 1. The molecule has 0 radical (unpaired) electrons. The Balaban J connectivity index is 2.58. The van der Waals surface area contributed by atoms with Crippen molar-refractivity contribution in [1.82, 2.24) is 0 Å². The fourth-order valence-electron chi connectivity index (χ4n) is 0.948. The number of carbonyl (C=O) groups is 1. The van der Waals surface area contributed by atoms with Gasteiger partial charge in [0.2, 0.25) is 0 Å². The Labute approximate surface area is 89.1 Å². The van der Waals surface area contributed by atoms with Crippen molar-refractivity contribution in [2.75, 3.05) is 0 Å². The fourth-order valence-corrected chi connectivity index (χ4v) is 0.948. The van der Waals surface area contributed by atoms with E-state index >= 15 is 0 Å². The van der Waals surface area contributed by atoms with Crippen LogP contribution in [0.2, 0.25) is 0 Å². The van der Waals surface area contributed by atoms with Gasteiger partial charge in [0.05, 0.1) is 5.71 Å². The highest BCUT2D eigenvalue weighted by atomic mass is 16.7. The van der Waals surface area contributed by atoms with Crippen molar-refractivity contribution in [1.29, 1.82) is 0 Å². The summed E-state index contributed by atoms with van der Waals surface area (Å²) in [7, 11) is 0. The van der Waals surface area contributed by atoms with Crippen LogP contribution < -0.4 is 0 Å². The highest BCUT2D eigenvalue weighted by Gasteiger charge is 1.90. The molecule has 1 aromatic rings. The zero-order valence-corrected chi connectivity index (χ0v) is 8.81. The van der Waals surface area contributed by atoms with Crippen LogP contribution in [0.15, 0.2) is 41.6 Å². The minimum atomic E-state index is -0.414. The van der Waals surface area contributed by atoms with Gasteiger partial charge in [-0.3, -0.25) is 0 Å². The number of benzene rings is 1. The number of hydrogen-bond donors (Lipinski definition) is 0. The van der Waals surface area contributed by atoms with Gasteiger partial charge in [0.15, 0.2) is 0 Å². The molecule has 0 bridgehead atoms. The lowest BCUT2D eigenvalue weighted by atomic mass is 10.2. The maximum absolute atomic E-state index is 10.5. The molecule has 0 aliphatic carbocycles. The van der Waals surface area contributed by atoms with Gasteiger partial charge in [-0.15, -0.1) is 0 Å². The predicted octanol–water partition coefficient (Wildman–Crippen LogP) is 2.64. The maximum Gasteiger partial charge on any atom is 0.331 e. The molecular weight excluding hydrogens is 190 g/mol. The molecule has 1 aromatic carbocycles. The molecule has 0 aliphatic heterocycles. The Morgan fingerprint density at radius 3 is 2.53 bits per heavy atom. The van der Waals surface area contributed by atoms with Gasteiger partial charge in [-0.05, 0) is 18.6 Å². The van der Waals surface area contributed by atoms with Crippen LogP contribution in [0.4, 0.5) is 0 Å². The first-order valence-electron chi connectivity index (χ1n) is 4.64. The summed E-state index contributed by atoms with van der Waals surface area (Å²) in [5.41, 5.74) is 1.73. The molecule has 0 aliphatic rings. The second-order valence-corrected chi connectivity index (χ2v) is 3.06. The van der Waals surface area contributed by atoms with Crippen molar-refractivity contribution in [3.8, 4) is 0 Å². The highest BCUT2D eigenvalue weighted by Crippen LogP contribution is 2.01. The first kappa shape index (κ1) is 11.2. The summed E-state index contributed by atoms with van der Waals surface area (Å²) in [5, 5.41) is 3.62. The molecule has 3 nitrogen and oxygen atoms in total. The molecule has 3 heteroatoms. The second kappa shape index (κ2) is 5.75. The molecule has 0 saturated heterocycles. The van der Waals surface area contributed by atoms with Crippen LogP contribution in [0.3, 0.4) is 0 Å². The SMILES string of the molecule is CC(=O)O/N=C(C)\C=C\c1ccccc1. The van der Waals surface area contributed by atoms with Crippen molar-refractivity contribution >= 4 is 17.8 Å². The van der Waals surface area contributed by atoms with Gasteiger partial charge in [0.1, 0.15) is 0 Å². The van der Waals surface area contributed by atoms with Gasteiger partial charge in [0.25, 0.3) is 0 Å². The van der Waals surface area contributed by atoms with Crippen molar-refractivity contribution in [2.24, 2.45) is 5.16 Å². The van der Waals surface area contributed by atoms with E-state index in [1.165, 1.54) is 6.92 Å². The molecule has 0 amide bonds. The molecule has 0 aromatic heterocycles. The minimum absolute atomic E-state index is 0.414. The minimum Gasteiger partial charge on any atom is -0.318 e. The zero-order chi connectivity index (χ0) is 11.1.